The van der Waals surface area contributed by atoms with Crippen molar-refractivity contribution >= 4 is 52.5 Å². The number of nitrogens with zero attached hydrogens (tertiary/aromatic N) is 2. The van der Waals surface area contributed by atoms with E-state index in [1.165, 1.54) is 23.6 Å². The van der Waals surface area contributed by atoms with Crippen LogP contribution in [-0.2, 0) is 11.8 Å². The van der Waals surface area contributed by atoms with E-state index in [9.17, 15) is 4.79 Å². The molecular weight excluding hydrogens is 343 g/mol. The molecule has 0 unspecified atom stereocenters. The maximum atomic E-state index is 11.8. The third-order valence-electron chi connectivity index (χ3n) is 2.44. The second-order valence-electron chi connectivity index (χ2n) is 3.76. The van der Waals surface area contributed by atoms with Crippen LogP contribution in [0.1, 0.15) is 10.4 Å². The Morgan fingerprint density at radius 3 is 2.65 bits per heavy atom. The standard InChI is InChI=1S/C12H9Cl3N2O2S/c1-17-11(9(10(15)16-17)12(18)19-2)20-8-4-3-6(13)5-7(8)14/h3-5H,1-2H3. The number of carbonyl (C=O) groups is 1. The molecule has 1 aromatic carbocycles. The van der Waals surface area contributed by atoms with Gasteiger partial charge in [-0.15, -0.1) is 0 Å². The summed E-state index contributed by atoms with van der Waals surface area (Å²) >= 11 is 19.2. The minimum absolute atomic E-state index is 0.0898. The first-order chi connectivity index (χ1) is 9.43. The molecule has 0 aliphatic heterocycles. The largest absolute Gasteiger partial charge is 0.465 e. The van der Waals surface area contributed by atoms with Gasteiger partial charge in [-0.1, -0.05) is 46.6 Å². The van der Waals surface area contributed by atoms with Gasteiger partial charge in [0.25, 0.3) is 0 Å². The molecule has 0 atom stereocenters. The van der Waals surface area contributed by atoms with Crippen molar-refractivity contribution in [3.05, 3.63) is 39.0 Å². The number of ether oxygens (including phenoxy) is 1. The Morgan fingerprint density at radius 2 is 2.05 bits per heavy atom. The molecule has 4 nitrogen and oxygen atoms in total. The first-order valence-corrected chi connectivity index (χ1v) is 7.32. The number of esters is 1. The van der Waals surface area contributed by atoms with Gasteiger partial charge in [0.1, 0.15) is 10.6 Å². The fourth-order valence-electron chi connectivity index (χ4n) is 1.53. The molecule has 0 aliphatic rings. The van der Waals surface area contributed by atoms with Crippen LogP contribution in [0.25, 0.3) is 0 Å². The predicted molar refractivity (Wildman–Crippen MR) is 80.1 cm³/mol. The number of aromatic nitrogens is 2. The molecule has 0 saturated heterocycles. The quantitative estimate of drug-likeness (QED) is 0.773. The minimum Gasteiger partial charge on any atom is -0.465 e. The molecule has 1 aromatic heterocycles. The Hall–Kier alpha value is -0.880. The zero-order valence-corrected chi connectivity index (χ0v) is 13.6. The van der Waals surface area contributed by atoms with Crippen molar-refractivity contribution in [2.24, 2.45) is 7.05 Å². The van der Waals surface area contributed by atoms with Gasteiger partial charge < -0.3 is 4.74 Å². The third-order valence-corrected chi connectivity index (χ3v) is 4.60. The Kier molecular flexibility index (Phi) is 4.86. The fourth-order valence-corrected chi connectivity index (χ4v) is 3.35. The van der Waals surface area contributed by atoms with Crippen molar-refractivity contribution < 1.29 is 9.53 Å². The summed E-state index contributed by atoms with van der Waals surface area (Å²) in [5.74, 6) is -0.546. The molecular formula is C12H9Cl3N2O2S. The Balaban J connectivity index is 2.45. The maximum absolute atomic E-state index is 11.8. The summed E-state index contributed by atoms with van der Waals surface area (Å²) in [6, 6.07) is 5.10. The van der Waals surface area contributed by atoms with Crippen LogP contribution in [0.15, 0.2) is 28.1 Å². The molecule has 0 aliphatic carbocycles. The van der Waals surface area contributed by atoms with E-state index in [0.717, 1.165) is 4.90 Å². The first-order valence-electron chi connectivity index (χ1n) is 5.37. The molecule has 0 fully saturated rings. The molecule has 0 radical (unpaired) electrons. The average molecular weight is 352 g/mol. The summed E-state index contributed by atoms with van der Waals surface area (Å²) < 4.78 is 6.22. The lowest BCUT2D eigenvalue weighted by Crippen LogP contribution is -2.03. The third kappa shape index (κ3) is 3.06. The normalized spacial score (nSPS) is 10.7. The predicted octanol–water partition coefficient (Wildman–Crippen LogP) is 4.32. The van der Waals surface area contributed by atoms with Gasteiger partial charge in [-0.2, -0.15) is 5.10 Å². The molecule has 20 heavy (non-hydrogen) atoms. The number of halogens is 3. The van der Waals surface area contributed by atoms with Gasteiger partial charge in [0.15, 0.2) is 5.15 Å². The average Bonchev–Trinajstić information content (AvgIpc) is 2.66. The highest BCUT2D eigenvalue weighted by Gasteiger charge is 2.23. The lowest BCUT2D eigenvalue weighted by molar-refractivity contribution is 0.0596. The summed E-state index contributed by atoms with van der Waals surface area (Å²) in [4.78, 5) is 12.5. The lowest BCUT2D eigenvalue weighted by Gasteiger charge is -2.06. The molecule has 106 valence electrons. The Bertz CT molecular complexity index is 673. The number of rotatable bonds is 3. The lowest BCUT2D eigenvalue weighted by atomic mass is 10.4. The van der Waals surface area contributed by atoms with Crippen LogP contribution in [0.4, 0.5) is 0 Å². The number of hydrogen-bond acceptors (Lipinski definition) is 4. The highest BCUT2D eigenvalue weighted by atomic mass is 35.5. The number of hydrogen-bond donors (Lipinski definition) is 0. The van der Waals surface area contributed by atoms with Crippen molar-refractivity contribution in [3.8, 4) is 0 Å². The molecule has 2 aromatic rings. The molecule has 0 spiro atoms. The zero-order chi connectivity index (χ0) is 14.9. The second kappa shape index (κ2) is 6.26. The van der Waals surface area contributed by atoms with E-state index in [2.05, 4.69) is 5.10 Å². The highest BCUT2D eigenvalue weighted by Crippen LogP contribution is 2.38. The number of aryl methyl sites for hydroxylation is 1. The Morgan fingerprint density at radius 1 is 1.35 bits per heavy atom. The van der Waals surface area contributed by atoms with E-state index in [1.54, 1.807) is 25.2 Å². The van der Waals surface area contributed by atoms with E-state index < -0.39 is 5.97 Å². The van der Waals surface area contributed by atoms with E-state index in [4.69, 9.17) is 39.5 Å². The SMILES string of the molecule is COC(=O)c1c(Cl)nn(C)c1Sc1ccc(Cl)cc1Cl. The minimum atomic E-state index is -0.546. The summed E-state index contributed by atoms with van der Waals surface area (Å²) in [6.45, 7) is 0. The molecule has 8 heteroatoms. The van der Waals surface area contributed by atoms with Crippen LogP contribution >= 0.6 is 46.6 Å². The molecule has 2 rings (SSSR count). The van der Waals surface area contributed by atoms with Crippen molar-refractivity contribution in [3.63, 3.8) is 0 Å². The van der Waals surface area contributed by atoms with Gasteiger partial charge in [-0.25, -0.2) is 4.79 Å². The molecule has 0 saturated carbocycles. The van der Waals surface area contributed by atoms with Crippen LogP contribution in [0.5, 0.6) is 0 Å². The second-order valence-corrected chi connectivity index (χ2v) is 6.00. The van der Waals surface area contributed by atoms with Crippen molar-refractivity contribution in [1.82, 2.24) is 9.78 Å². The van der Waals surface area contributed by atoms with Crippen molar-refractivity contribution in [1.29, 1.82) is 0 Å². The van der Waals surface area contributed by atoms with Gasteiger partial charge in [-0.05, 0) is 18.2 Å². The van der Waals surface area contributed by atoms with Gasteiger partial charge in [-0.3, -0.25) is 4.68 Å². The van der Waals surface area contributed by atoms with Gasteiger partial charge >= 0.3 is 5.97 Å². The molecule has 1 heterocycles. The summed E-state index contributed by atoms with van der Waals surface area (Å²) in [5.41, 5.74) is 0.215. The summed E-state index contributed by atoms with van der Waals surface area (Å²) in [6.07, 6.45) is 0. The van der Waals surface area contributed by atoms with Crippen molar-refractivity contribution in [2.75, 3.05) is 7.11 Å². The smallest absolute Gasteiger partial charge is 0.343 e. The van der Waals surface area contributed by atoms with Crippen LogP contribution in [0.2, 0.25) is 15.2 Å². The highest BCUT2D eigenvalue weighted by molar-refractivity contribution is 7.99. The zero-order valence-electron chi connectivity index (χ0n) is 10.5. The van der Waals surface area contributed by atoms with Crippen LogP contribution in [0.3, 0.4) is 0 Å². The van der Waals surface area contributed by atoms with E-state index >= 15 is 0 Å². The fraction of sp³-hybridized carbons (Fsp3) is 0.167. The van der Waals surface area contributed by atoms with Gasteiger partial charge in [0.05, 0.1) is 12.1 Å². The number of carbonyl (C=O) groups excluding carboxylic acids is 1. The molecule has 0 bridgehead atoms. The van der Waals surface area contributed by atoms with Gasteiger partial charge in [0, 0.05) is 17.0 Å². The molecule has 0 amide bonds. The van der Waals surface area contributed by atoms with Crippen LogP contribution < -0.4 is 0 Å². The van der Waals surface area contributed by atoms with Crippen LogP contribution in [-0.4, -0.2) is 22.9 Å². The van der Waals surface area contributed by atoms with E-state index in [1.807, 2.05) is 0 Å². The number of benzene rings is 1. The van der Waals surface area contributed by atoms with Crippen LogP contribution in [0, 0.1) is 0 Å². The maximum Gasteiger partial charge on any atom is 0.343 e. The summed E-state index contributed by atoms with van der Waals surface area (Å²) in [5, 5.41) is 5.67. The van der Waals surface area contributed by atoms with Gasteiger partial charge in [0.2, 0.25) is 0 Å². The van der Waals surface area contributed by atoms with E-state index in [-0.39, 0.29) is 10.7 Å². The molecule has 0 N–H and O–H groups in total. The topological polar surface area (TPSA) is 44.1 Å². The Labute approximate surface area is 134 Å². The number of methoxy groups -OCH3 is 1. The first kappa shape index (κ1) is 15.5. The van der Waals surface area contributed by atoms with Crippen molar-refractivity contribution in [2.45, 2.75) is 9.92 Å². The monoisotopic (exact) mass is 350 g/mol. The summed E-state index contributed by atoms with van der Waals surface area (Å²) in [7, 11) is 2.97. The van der Waals surface area contributed by atoms with E-state index in [0.29, 0.717) is 15.1 Å².